The lowest BCUT2D eigenvalue weighted by molar-refractivity contribution is -0.121. The van der Waals surface area contributed by atoms with Crippen molar-refractivity contribution < 1.29 is 9.59 Å². The van der Waals surface area contributed by atoms with Crippen molar-refractivity contribution in [3.63, 3.8) is 0 Å². The highest BCUT2D eigenvalue weighted by Crippen LogP contribution is 2.16. The van der Waals surface area contributed by atoms with Gasteiger partial charge in [0, 0.05) is 12.1 Å². The number of para-hydroxylation sites is 2. The minimum absolute atomic E-state index is 0.0671. The molecule has 0 atom stereocenters. The van der Waals surface area contributed by atoms with E-state index in [2.05, 4.69) is 29.5 Å². The molecule has 1 heterocycles. The first-order valence-electron chi connectivity index (χ1n) is 9.08. The SMILES string of the molecule is CC(C)CNC(=O)Cn1c(CNC(=O)c2ccccc2)nc2ccccc21. The van der Waals surface area contributed by atoms with Gasteiger partial charge in [0.05, 0.1) is 17.6 Å². The van der Waals surface area contributed by atoms with Crippen LogP contribution < -0.4 is 10.6 Å². The quantitative estimate of drug-likeness (QED) is 0.677. The van der Waals surface area contributed by atoms with E-state index in [1.807, 2.05) is 47.0 Å². The Morgan fingerprint density at radius 2 is 1.70 bits per heavy atom. The molecule has 2 aromatic carbocycles. The summed E-state index contributed by atoms with van der Waals surface area (Å²) in [6, 6.07) is 16.7. The number of imidazole rings is 1. The van der Waals surface area contributed by atoms with Gasteiger partial charge in [-0.25, -0.2) is 4.98 Å². The molecule has 2 amide bonds. The second kappa shape index (κ2) is 8.49. The van der Waals surface area contributed by atoms with Crippen molar-refractivity contribution in [2.24, 2.45) is 5.92 Å². The molecule has 0 radical (unpaired) electrons. The molecule has 0 fully saturated rings. The first-order chi connectivity index (χ1) is 13.0. The van der Waals surface area contributed by atoms with Gasteiger partial charge in [-0.05, 0) is 30.2 Å². The van der Waals surface area contributed by atoms with Gasteiger partial charge < -0.3 is 15.2 Å². The molecule has 0 aliphatic carbocycles. The molecule has 0 aliphatic heterocycles. The lowest BCUT2D eigenvalue weighted by Gasteiger charge is -2.12. The van der Waals surface area contributed by atoms with Crippen molar-refractivity contribution in [1.29, 1.82) is 0 Å². The summed E-state index contributed by atoms with van der Waals surface area (Å²) >= 11 is 0. The maximum absolute atomic E-state index is 12.3. The molecule has 1 aromatic heterocycles. The number of hydrogen-bond acceptors (Lipinski definition) is 3. The fourth-order valence-corrected chi connectivity index (χ4v) is 2.81. The van der Waals surface area contributed by atoms with Crippen molar-refractivity contribution in [2.75, 3.05) is 6.54 Å². The highest BCUT2D eigenvalue weighted by atomic mass is 16.2. The zero-order valence-electron chi connectivity index (χ0n) is 15.6. The van der Waals surface area contributed by atoms with Gasteiger partial charge >= 0.3 is 0 Å². The Morgan fingerprint density at radius 1 is 1.00 bits per heavy atom. The molecule has 0 spiro atoms. The number of benzene rings is 2. The van der Waals surface area contributed by atoms with Crippen molar-refractivity contribution in [3.8, 4) is 0 Å². The van der Waals surface area contributed by atoms with Crippen LogP contribution in [0.4, 0.5) is 0 Å². The Hall–Kier alpha value is -3.15. The molecule has 0 unspecified atom stereocenters. The van der Waals surface area contributed by atoms with Gasteiger partial charge in [-0.1, -0.05) is 44.2 Å². The first-order valence-corrected chi connectivity index (χ1v) is 9.08. The number of fused-ring (bicyclic) bond motifs is 1. The van der Waals surface area contributed by atoms with Crippen LogP contribution in [0.25, 0.3) is 11.0 Å². The fraction of sp³-hybridized carbons (Fsp3) is 0.286. The second-order valence-corrected chi connectivity index (χ2v) is 6.85. The number of amides is 2. The van der Waals surface area contributed by atoms with Gasteiger partial charge in [0.1, 0.15) is 12.4 Å². The molecule has 0 aliphatic rings. The van der Waals surface area contributed by atoms with Crippen LogP contribution >= 0.6 is 0 Å². The van der Waals surface area contributed by atoms with E-state index in [4.69, 9.17) is 0 Å². The minimum atomic E-state index is -0.168. The summed E-state index contributed by atoms with van der Waals surface area (Å²) in [5, 5.41) is 5.81. The third-order valence-corrected chi connectivity index (χ3v) is 4.19. The average Bonchev–Trinajstić information content (AvgIpc) is 3.02. The molecule has 27 heavy (non-hydrogen) atoms. The lowest BCUT2D eigenvalue weighted by Crippen LogP contribution is -2.32. The highest BCUT2D eigenvalue weighted by molar-refractivity contribution is 5.94. The van der Waals surface area contributed by atoms with Crippen LogP contribution in [-0.4, -0.2) is 27.9 Å². The van der Waals surface area contributed by atoms with E-state index in [9.17, 15) is 9.59 Å². The Morgan fingerprint density at radius 3 is 2.44 bits per heavy atom. The van der Waals surface area contributed by atoms with Gasteiger partial charge in [-0.15, -0.1) is 0 Å². The van der Waals surface area contributed by atoms with Gasteiger partial charge in [0.2, 0.25) is 5.91 Å². The summed E-state index contributed by atoms with van der Waals surface area (Å²) < 4.78 is 1.86. The maximum atomic E-state index is 12.3. The Labute approximate surface area is 158 Å². The van der Waals surface area contributed by atoms with Crippen molar-refractivity contribution in [3.05, 3.63) is 66.0 Å². The van der Waals surface area contributed by atoms with E-state index in [1.54, 1.807) is 12.1 Å². The van der Waals surface area contributed by atoms with E-state index in [0.717, 1.165) is 11.0 Å². The third kappa shape index (κ3) is 4.73. The van der Waals surface area contributed by atoms with E-state index < -0.39 is 0 Å². The summed E-state index contributed by atoms with van der Waals surface area (Å²) in [7, 11) is 0. The molecule has 3 rings (SSSR count). The molecule has 6 heteroatoms. The second-order valence-electron chi connectivity index (χ2n) is 6.85. The van der Waals surface area contributed by atoms with E-state index in [0.29, 0.717) is 23.9 Å². The molecule has 0 bridgehead atoms. The Balaban J connectivity index is 1.78. The average molecular weight is 364 g/mol. The van der Waals surface area contributed by atoms with E-state index in [-0.39, 0.29) is 24.9 Å². The fourth-order valence-electron chi connectivity index (χ4n) is 2.81. The minimum Gasteiger partial charge on any atom is -0.354 e. The summed E-state index contributed by atoms with van der Waals surface area (Å²) in [5.74, 6) is 0.805. The van der Waals surface area contributed by atoms with Crippen molar-refractivity contribution in [1.82, 2.24) is 20.2 Å². The zero-order valence-corrected chi connectivity index (χ0v) is 15.6. The summed E-state index contributed by atoms with van der Waals surface area (Å²) in [5.41, 5.74) is 2.27. The number of hydrogen-bond donors (Lipinski definition) is 2. The van der Waals surface area contributed by atoms with Crippen LogP contribution in [0.2, 0.25) is 0 Å². The van der Waals surface area contributed by atoms with Crippen LogP contribution in [0, 0.1) is 5.92 Å². The Bertz CT molecular complexity index is 932. The van der Waals surface area contributed by atoms with Crippen LogP contribution in [0.15, 0.2) is 54.6 Å². The molecule has 0 saturated carbocycles. The number of rotatable bonds is 7. The van der Waals surface area contributed by atoms with Crippen LogP contribution in [0.5, 0.6) is 0 Å². The van der Waals surface area contributed by atoms with Gasteiger partial charge in [0.15, 0.2) is 0 Å². The number of nitrogens with zero attached hydrogens (tertiary/aromatic N) is 2. The molecule has 140 valence electrons. The smallest absolute Gasteiger partial charge is 0.251 e. The summed E-state index contributed by atoms with van der Waals surface area (Å²) in [6.45, 7) is 5.16. The lowest BCUT2D eigenvalue weighted by atomic mass is 10.2. The number of nitrogens with one attached hydrogen (secondary N) is 2. The maximum Gasteiger partial charge on any atom is 0.251 e. The van der Waals surface area contributed by atoms with Crippen LogP contribution in [-0.2, 0) is 17.9 Å². The predicted molar refractivity (Wildman–Crippen MR) is 105 cm³/mol. The van der Waals surface area contributed by atoms with Crippen LogP contribution in [0.3, 0.4) is 0 Å². The van der Waals surface area contributed by atoms with E-state index >= 15 is 0 Å². The molecule has 6 nitrogen and oxygen atoms in total. The molecule has 2 N–H and O–H groups in total. The molecular formula is C21H24N4O2. The monoisotopic (exact) mass is 364 g/mol. The van der Waals surface area contributed by atoms with Crippen LogP contribution in [0.1, 0.15) is 30.0 Å². The van der Waals surface area contributed by atoms with Gasteiger partial charge in [0.25, 0.3) is 5.91 Å². The number of carbonyl (C=O) groups is 2. The van der Waals surface area contributed by atoms with Gasteiger partial charge in [-0.2, -0.15) is 0 Å². The summed E-state index contributed by atoms with van der Waals surface area (Å²) in [4.78, 5) is 29.2. The van der Waals surface area contributed by atoms with E-state index in [1.165, 1.54) is 0 Å². The predicted octanol–water partition coefficient (Wildman–Crippen LogP) is 2.74. The van der Waals surface area contributed by atoms with Crippen molar-refractivity contribution >= 4 is 22.8 Å². The Kier molecular flexibility index (Phi) is 5.86. The van der Waals surface area contributed by atoms with Crippen molar-refractivity contribution in [2.45, 2.75) is 26.9 Å². The van der Waals surface area contributed by atoms with Gasteiger partial charge in [-0.3, -0.25) is 9.59 Å². The first kappa shape index (κ1) is 18.6. The topological polar surface area (TPSA) is 76.0 Å². The number of carbonyl (C=O) groups excluding carboxylic acids is 2. The standard InChI is InChI=1S/C21H24N4O2/c1-15(2)12-22-20(26)14-25-18-11-7-6-10-17(18)24-19(25)13-23-21(27)16-8-4-3-5-9-16/h3-11,15H,12-14H2,1-2H3,(H,22,26)(H,23,27). The third-order valence-electron chi connectivity index (χ3n) is 4.19. The molecule has 3 aromatic rings. The molecule has 0 saturated heterocycles. The zero-order chi connectivity index (χ0) is 19.2. The number of aromatic nitrogens is 2. The molecular weight excluding hydrogens is 340 g/mol. The largest absolute Gasteiger partial charge is 0.354 e. The summed E-state index contributed by atoms with van der Waals surface area (Å²) in [6.07, 6.45) is 0. The highest BCUT2D eigenvalue weighted by Gasteiger charge is 2.15. The normalized spacial score (nSPS) is 10.9.